The van der Waals surface area contributed by atoms with Crippen molar-refractivity contribution < 1.29 is 19.1 Å². The Morgan fingerprint density at radius 3 is 2.52 bits per heavy atom. The number of hydrogen-bond acceptors (Lipinski definition) is 4. The van der Waals surface area contributed by atoms with Crippen LogP contribution in [0.15, 0.2) is 30.5 Å². The maximum Gasteiger partial charge on any atom is 0.409 e. The van der Waals surface area contributed by atoms with Crippen molar-refractivity contribution in [2.24, 2.45) is 7.05 Å². The Balaban J connectivity index is 1.54. The smallest absolute Gasteiger partial charge is 0.409 e. The molecule has 1 saturated heterocycles. The second-order valence-corrected chi connectivity index (χ2v) is 5.97. The average Bonchev–Trinajstić information content (AvgIpc) is 3.02. The Morgan fingerprint density at radius 2 is 1.80 bits per heavy atom. The number of aromatic nitrogens is 1. The van der Waals surface area contributed by atoms with Crippen LogP contribution in [0.5, 0.6) is 5.75 Å². The van der Waals surface area contributed by atoms with Crippen LogP contribution in [0.1, 0.15) is 6.92 Å². The molecule has 1 aromatic carbocycles. The van der Waals surface area contributed by atoms with Gasteiger partial charge in [0.1, 0.15) is 5.75 Å². The predicted octanol–water partition coefficient (Wildman–Crippen LogP) is 1.86. The Hall–Kier alpha value is -2.70. The predicted molar refractivity (Wildman–Crippen MR) is 93.6 cm³/mol. The van der Waals surface area contributed by atoms with Gasteiger partial charge in [-0.3, -0.25) is 4.79 Å². The molecular formula is C18H23N3O4. The van der Waals surface area contributed by atoms with Gasteiger partial charge in [-0.2, -0.15) is 0 Å². The second kappa shape index (κ2) is 7.46. The molecule has 2 amide bonds. The monoisotopic (exact) mass is 345 g/mol. The van der Waals surface area contributed by atoms with Gasteiger partial charge in [-0.25, -0.2) is 4.79 Å². The van der Waals surface area contributed by atoms with Crippen molar-refractivity contribution in [1.29, 1.82) is 0 Å². The fourth-order valence-corrected chi connectivity index (χ4v) is 2.98. The van der Waals surface area contributed by atoms with E-state index in [1.807, 2.05) is 42.1 Å². The first-order chi connectivity index (χ1) is 12.1. The summed E-state index contributed by atoms with van der Waals surface area (Å²) in [6, 6.07) is 7.78. The van der Waals surface area contributed by atoms with E-state index in [4.69, 9.17) is 9.47 Å². The van der Waals surface area contributed by atoms with Gasteiger partial charge in [0.2, 0.25) is 0 Å². The van der Waals surface area contributed by atoms with E-state index in [9.17, 15) is 9.59 Å². The van der Waals surface area contributed by atoms with E-state index in [0.717, 1.165) is 10.9 Å². The zero-order chi connectivity index (χ0) is 17.8. The van der Waals surface area contributed by atoms with E-state index in [1.165, 1.54) is 0 Å². The first kappa shape index (κ1) is 17.1. The maximum absolute atomic E-state index is 12.4. The number of fused-ring (bicyclic) bond motifs is 1. The van der Waals surface area contributed by atoms with Gasteiger partial charge >= 0.3 is 6.09 Å². The largest absolute Gasteiger partial charge is 0.483 e. The number of nitrogens with zero attached hydrogens (tertiary/aromatic N) is 3. The molecule has 0 spiro atoms. The Kier molecular flexibility index (Phi) is 5.11. The minimum Gasteiger partial charge on any atom is -0.483 e. The lowest BCUT2D eigenvalue weighted by Crippen LogP contribution is -2.51. The number of hydrogen-bond donors (Lipinski definition) is 0. The second-order valence-electron chi connectivity index (χ2n) is 5.97. The minimum atomic E-state index is -0.318. The normalized spacial score (nSPS) is 14.6. The van der Waals surface area contributed by atoms with Crippen LogP contribution in [0.4, 0.5) is 4.79 Å². The number of carbonyl (C=O) groups is 2. The fourth-order valence-electron chi connectivity index (χ4n) is 2.98. The van der Waals surface area contributed by atoms with Crippen LogP contribution in [0.3, 0.4) is 0 Å². The summed E-state index contributed by atoms with van der Waals surface area (Å²) < 4.78 is 12.7. The number of rotatable bonds is 4. The molecule has 2 heterocycles. The molecule has 7 heteroatoms. The summed E-state index contributed by atoms with van der Waals surface area (Å²) in [5.74, 6) is 0.632. The molecule has 7 nitrogen and oxygen atoms in total. The molecule has 134 valence electrons. The average molecular weight is 345 g/mol. The molecule has 0 atom stereocenters. The quantitative estimate of drug-likeness (QED) is 0.848. The van der Waals surface area contributed by atoms with E-state index in [-0.39, 0.29) is 18.6 Å². The van der Waals surface area contributed by atoms with Crippen LogP contribution < -0.4 is 4.74 Å². The Morgan fingerprint density at radius 1 is 1.08 bits per heavy atom. The van der Waals surface area contributed by atoms with Crippen molar-refractivity contribution in [1.82, 2.24) is 14.4 Å². The van der Waals surface area contributed by atoms with Crippen molar-refractivity contribution in [2.75, 3.05) is 39.4 Å². The van der Waals surface area contributed by atoms with Crippen LogP contribution in [0.25, 0.3) is 10.9 Å². The zero-order valence-electron chi connectivity index (χ0n) is 14.6. The van der Waals surface area contributed by atoms with Gasteiger partial charge < -0.3 is 23.8 Å². The van der Waals surface area contributed by atoms with E-state index in [1.54, 1.807) is 16.7 Å². The van der Waals surface area contributed by atoms with Gasteiger partial charge in [0.05, 0.1) is 12.1 Å². The standard InChI is InChI=1S/C18H23N3O4/c1-3-24-18(23)21-11-9-20(10-12-21)17(22)13-25-16-6-4-5-15-14(16)7-8-19(15)2/h4-8H,3,9-13H2,1-2H3. The fraction of sp³-hybridized carbons (Fsp3) is 0.444. The van der Waals surface area contributed by atoms with Crippen LogP contribution >= 0.6 is 0 Å². The van der Waals surface area contributed by atoms with Crippen LogP contribution in [-0.4, -0.2) is 65.8 Å². The Bertz CT molecular complexity index is 763. The number of carbonyl (C=O) groups excluding carboxylic acids is 2. The molecule has 0 saturated carbocycles. The van der Waals surface area contributed by atoms with E-state index < -0.39 is 0 Å². The van der Waals surface area contributed by atoms with E-state index in [2.05, 4.69) is 0 Å². The van der Waals surface area contributed by atoms with Crippen LogP contribution in [0, 0.1) is 0 Å². The minimum absolute atomic E-state index is 0.00653. The summed E-state index contributed by atoms with van der Waals surface area (Å²) in [6.07, 6.45) is 1.65. The van der Waals surface area contributed by atoms with E-state index in [0.29, 0.717) is 38.5 Å². The molecular weight excluding hydrogens is 322 g/mol. The molecule has 25 heavy (non-hydrogen) atoms. The highest BCUT2D eigenvalue weighted by molar-refractivity contribution is 5.87. The third-order valence-corrected chi connectivity index (χ3v) is 4.40. The molecule has 0 N–H and O–H groups in total. The van der Waals surface area contributed by atoms with Gasteiger partial charge in [-0.1, -0.05) is 6.07 Å². The van der Waals surface area contributed by atoms with Crippen molar-refractivity contribution in [3.05, 3.63) is 30.5 Å². The van der Waals surface area contributed by atoms with Gasteiger partial charge in [0.15, 0.2) is 6.61 Å². The topological polar surface area (TPSA) is 64.0 Å². The molecule has 3 rings (SSSR count). The van der Waals surface area contributed by atoms with Gasteiger partial charge in [0.25, 0.3) is 5.91 Å². The van der Waals surface area contributed by atoms with Crippen LogP contribution in [-0.2, 0) is 16.6 Å². The summed E-state index contributed by atoms with van der Waals surface area (Å²) in [5, 5.41) is 0.991. The van der Waals surface area contributed by atoms with Gasteiger partial charge in [0, 0.05) is 44.8 Å². The van der Waals surface area contributed by atoms with Gasteiger partial charge in [-0.15, -0.1) is 0 Å². The molecule has 0 aliphatic carbocycles. The van der Waals surface area contributed by atoms with Gasteiger partial charge in [-0.05, 0) is 25.1 Å². The molecule has 0 radical (unpaired) electrons. The molecule has 0 bridgehead atoms. The summed E-state index contributed by atoms with van der Waals surface area (Å²) in [4.78, 5) is 27.4. The first-order valence-electron chi connectivity index (χ1n) is 8.46. The number of amides is 2. The van der Waals surface area contributed by atoms with Crippen molar-refractivity contribution in [3.8, 4) is 5.75 Å². The third kappa shape index (κ3) is 3.70. The van der Waals surface area contributed by atoms with Crippen molar-refractivity contribution >= 4 is 22.9 Å². The Labute approximate surface area is 146 Å². The third-order valence-electron chi connectivity index (χ3n) is 4.40. The highest BCUT2D eigenvalue weighted by atomic mass is 16.6. The first-order valence-corrected chi connectivity index (χ1v) is 8.46. The molecule has 1 fully saturated rings. The molecule has 1 aromatic heterocycles. The number of ether oxygens (including phenoxy) is 2. The molecule has 1 aliphatic heterocycles. The number of benzene rings is 1. The summed E-state index contributed by atoms with van der Waals surface area (Å²) in [7, 11) is 1.97. The number of aryl methyl sites for hydroxylation is 1. The lowest BCUT2D eigenvalue weighted by atomic mass is 10.2. The molecule has 2 aromatic rings. The lowest BCUT2D eigenvalue weighted by molar-refractivity contribution is -0.134. The maximum atomic E-state index is 12.4. The van der Waals surface area contributed by atoms with Crippen molar-refractivity contribution in [2.45, 2.75) is 6.92 Å². The molecule has 1 aliphatic rings. The summed E-state index contributed by atoms with van der Waals surface area (Å²) >= 11 is 0. The number of piperazine rings is 1. The highest BCUT2D eigenvalue weighted by Crippen LogP contribution is 2.26. The van der Waals surface area contributed by atoms with E-state index >= 15 is 0 Å². The summed E-state index contributed by atoms with van der Waals surface area (Å²) in [5.41, 5.74) is 1.06. The lowest BCUT2D eigenvalue weighted by Gasteiger charge is -2.33. The van der Waals surface area contributed by atoms with Crippen LogP contribution in [0.2, 0.25) is 0 Å². The summed E-state index contributed by atoms with van der Waals surface area (Å²) in [6.45, 7) is 4.09. The zero-order valence-corrected chi connectivity index (χ0v) is 14.6. The highest BCUT2D eigenvalue weighted by Gasteiger charge is 2.25. The molecule has 0 unspecified atom stereocenters. The van der Waals surface area contributed by atoms with Crippen molar-refractivity contribution in [3.63, 3.8) is 0 Å². The SMILES string of the molecule is CCOC(=O)N1CCN(C(=O)COc2cccc3c2ccn3C)CC1.